The molecule has 32 heavy (non-hydrogen) atoms. The van der Waals surface area contributed by atoms with Crippen molar-refractivity contribution >= 4 is 23.2 Å². The lowest BCUT2D eigenvalue weighted by atomic mass is 9.73. The topological polar surface area (TPSA) is 61.9 Å². The number of rotatable bonds is 4. The molecule has 0 bridgehead atoms. The van der Waals surface area contributed by atoms with Gasteiger partial charge in [0.05, 0.1) is 12.1 Å². The van der Waals surface area contributed by atoms with Crippen molar-refractivity contribution in [2.45, 2.75) is 18.4 Å². The second-order valence-corrected chi connectivity index (χ2v) is 9.56. The van der Waals surface area contributed by atoms with Crippen molar-refractivity contribution < 1.29 is 4.79 Å². The Morgan fingerprint density at radius 2 is 1.81 bits per heavy atom. The molecule has 2 aliphatic heterocycles. The number of thiophene rings is 1. The molecule has 1 fully saturated rings. The molecule has 1 unspecified atom stereocenters. The van der Waals surface area contributed by atoms with E-state index in [1.807, 2.05) is 34.8 Å². The fourth-order valence-corrected chi connectivity index (χ4v) is 5.74. The first kappa shape index (κ1) is 20.8. The van der Waals surface area contributed by atoms with Crippen LogP contribution in [0.25, 0.3) is 11.1 Å². The zero-order valence-corrected chi connectivity index (χ0v) is 19.1. The highest BCUT2D eigenvalue weighted by molar-refractivity contribution is 7.08. The summed E-state index contributed by atoms with van der Waals surface area (Å²) < 4.78 is 0. The van der Waals surface area contributed by atoms with E-state index in [0.717, 1.165) is 38.0 Å². The predicted octanol–water partition coefficient (Wildman–Crippen LogP) is 4.42. The molecule has 1 saturated heterocycles. The molecule has 2 N–H and O–H groups in total. The number of likely N-dealkylation sites (tertiary alicyclic amines) is 1. The molecule has 3 heterocycles. The number of benzene rings is 2. The molecule has 5 rings (SSSR count). The first-order valence-corrected chi connectivity index (χ1v) is 12.0. The van der Waals surface area contributed by atoms with Gasteiger partial charge in [0, 0.05) is 25.5 Å². The zero-order valence-electron chi connectivity index (χ0n) is 18.3. The van der Waals surface area contributed by atoms with E-state index < -0.39 is 0 Å². The number of carbonyl (C=O) groups is 1. The van der Waals surface area contributed by atoms with E-state index in [2.05, 4.69) is 53.4 Å². The van der Waals surface area contributed by atoms with Crippen molar-refractivity contribution in [1.29, 1.82) is 0 Å². The summed E-state index contributed by atoms with van der Waals surface area (Å²) in [5.41, 5.74) is 10.3. The molecular weight excluding hydrogens is 416 g/mol. The zero-order chi connectivity index (χ0) is 22.1. The average Bonchev–Trinajstić information content (AvgIpc) is 3.48. The van der Waals surface area contributed by atoms with E-state index in [0.29, 0.717) is 11.9 Å². The lowest BCUT2D eigenvalue weighted by molar-refractivity contribution is 0.0635. The van der Waals surface area contributed by atoms with Gasteiger partial charge >= 0.3 is 0 Å². The number of guanidine groups is 1. The lowest BCUT2D eigenvalue weighted by Crippen LogP contribution is -2.46. The van der Waals surface area contributed by atoms with Crippen molar-refractivity contribution in [3.8, 4) is 11.1 Å². The summed E-state index contributed by atoms with van der Waals surface area (Å²) >= 11 is 1.56. The maximum absolute atomic E-state index is 12.8. The van der Waals surface area contributed by atoms with Gasteiger partial charge in [-0.15, -0.1) is 0 Å². The molecule has 2 aliphatic rings. The maximum Gasteiger partial charge on any atom is 0.254 e. The van der Waals surface area contributed by atoms with Gasteiger partial charge in [-0.1, -0.05) is 48.5 Å². The summed E-state index contributed by atoms with van der Waals surface area (Å²) in [6.07, 6.45) is 1.83. The minimum atomic E-state index is -0.388. The maximum atomic E-state index is 12.8. The highest BCUT2D eigenvalue weighted by Crippen LogP contribution is 2.44. The lowest BCUT2D eigenvalue weighted by Gasteiger charge is -2.41. The van der Waals surface area contributed by atoms with E-state index in [4.69, 9.17) is 10.7 Å². The third kappa shape index (κ3) is 3.69. The van der Waals surface area contributed by atoms with Crippen LogP contribution in [0.2, 0.25) is 0 Å². The summed E-state index contributed by atoms with van der Waals surface area (Å²) in [4.78, 5) is 21.9. The molecule has 1 aromatic heterocycles. The van der Waals surface area contributed by atoms with Crippen LogP contribution >= 0.6 is 11.3 Å². The molecule has 0 saturated carbocycles. The molecule has 3 aromatic rings. The van der Waals surface area contributed by atoms with Gasteiger partial charge in [-0.25, -0.2) is 4.99 Å². The van der Waals surface area contributed by atoms with Crippen molar-refractivity contribution in [1.82, 2.24) is 9.80 Å². The number of aliphatic imine (C=N–C) groups is 1. The molecule has 5 nitrogen and oxygen atoms in total. The van der Waals surface area contributed by atoms with Crippen LogP contribution in [0.3, 0.4) is 0 Å². The minimum Gasteiger partial charge on any atom is -0.370 e. The van der Waals surface area contributed by atoms with Crippen molar-refractivity contribution in [2.24, 2.45) is 16.6 Å². The Kier molecular flexibility index (Phi) is 5.47. The number of hydrogen-bond acceptors (Lipinski definition) is 5. The van der Waals surface area contributed by atoms with Crippen LogP contribution in [0.5, 0.6) is 0 Å². The summed E-state index contributed by atoms with van der Waals surface area (Å²) in [5.74, 6) is 1.05. The minimum absolute atomic E-state index is 0.136. The molecule has 6 heteroatoms. The monoisotopic (exact) mass is 444 g/mol. The number of nitrogens with zero attached hydrogens (tertiary/aromatic N) is 3. The van der Waals surface area contributed by atoms with Gasteiger partial charge in [0.15, 0.2) is 5.96 Å². The van der Waals surface area contributed by atoms with Crippen LogP contribution in [0.15, 0.2) is 76.4 Å². The van der Waals surface area contributed by atoms with Crippen LogP contribution in [0, 0.1) is 5.92 Å². The average molecular weight is 445 g/mol. The third-order valence-corrected chi connectivity index (χ3v) is 7.56. The van der Waals surface area contributed by atoms with Crippen LogP contribution in [-0.4, -0.2) is 48.3 Å². The molecule has 0 radical (unpaired) electrons. The summed E-state index contributed by atoms with van der Waals surface area (Å²) in [6.45, 7) is 2.26. The number of nitrogens with two attached hydrogens (primary N) is 1. The third-order valence-electron chi connectivity index (χ3n) is 6.88. The Labute approximate surface area is 193 Å². The number of likely N-dealkylation sites (N-methyl/N-ethyl adjacent to an activating group) is 1. The van der Waals surface area contributed by atoms with Gasteiger partial charge in [0.2, 0.25) is 0 Å². The predicted molar refractivity (Wildman–Crippen MR) is 131 cm³/mol. The van der Waals surface area contributed by atoms with Crippen LogP contribution in [0.1, 0.15) is 28.8 Å². The molecule has 0 aliphatic carbocycles. The van der Waals surface area contributed by atoms with E-state index in [-0.39, 0.29) is 11.4 Å². The first-order chi connectivity index (χ1) is 15.6. The highest BCUT2D eigenvalue weighted by Gasteiger charge is 2.47. The van der Waals surface area contributed by atoms with E-state index in [1.54, 1.807) is 11.3 Å². The van der Waals surface area contributed by atoms with E-state index in [1.165, 1.54) is 16.7 Å². The van der Waals surface area contributed by atoms with Gasteiger partial charge in [-0.3, -0.25) is 4.79 Å². The van der Waals surface area contributed by atoms with Crippen LogP contribution in [-0.2, 0) is 5.54 Å². The Balaban J connectivity index is 1.44. The normalized spacial score (nSPS) is 21.6. The SMILES string of the molecule is CN1CC(c2cccc(-c3ccccc3)c2)(C2CCN(C(=O)c3ccsc3)CC2)N=C1N. The van der Waals surface area contributed by atoms with Crippen molar-refractivity contribution in [2.75, 3.05) is 26.7 Å². The highest BCUT2D eigenvalue weighted by atomic mass is 32.1. The number of piperidine rings is 1. The molecular formula is C26H28N4OS. The van der Waals surface area contributed by atoms with Gasteiger partial charge in [-0.05, 0) is 53.0 Å². The quantitative estimate of drug-likeness (QED) is 0.648. The Morgan fingerprint density at radius 1 is 1.06 bits per heavy atom. The van der Waals surface area contributed by atoms with E-state index >= 15 is 0 Å². The number of amides is 1. The largest absolute Gasteiger partial charge is 0.370 e. The molecule has 0 spiro atoms. The second kappa shape index (κ2) is 8.43. The number of carbonyl (C=O) groups excluding carboxylic acids is 1. The summed E-state index contributed by atoms with van der Waals surface area (Å²) in [5, 5.41) is 3.89. The van der Waals surface area contributed by atoms with Crippen molar-refractivity contribution in [3.63, 3.8) is 0 Å². The standard InChI is InChI=1S/C26H28N4OS/c1-29-18-26(28-25(29)27,23-9-5-8-20(16-23)19-6-3-2-4-7-19)22-10-13-30(14-11-22)24(31)21-12-15-32-17-21/h2-9,12,15-17,22H,10-11,13-14,18H2,1H3,(H2,27,28). The number of hydrogen-bond donors (Lipinski definition) is 1. The van der Waals surface area contributed by atoms with Crippen LogP contribution in [0.4, 0.5) is 0 Å². The van der Waals surface area contributed by atoms with Gasteiger partial charge in [0.25, 0.3) is 5.91 Å². The summed E-state index contributed by atoms with van der Waals surface area (Å²) in [7, 11) is 2.01. The fourth-order valence-electron chi connectivity index (χ4n) is 5.11. The molecule has 1 amide bonds. The Morgan fingerprint density at radius 3 is 2.47 bits per heavy atom. The van der Waals surface area contributed by atoms with Gasteiger partial charge < -0.3 is 15.5 Å². The molecule has 164 valence electrons. The summed E-state index contributed by atoms with van der Waals surface area (Å²) in [6, 6.07) is 21.1. The van der Waals surface area contributed by atoms with Crippen LogP contribution < -0.4 is 5.73 Å². The first-order valence-electron chi connectivity index (χ1n) is 11.1. The Hall–Kier alpha value is -3.12. The second-order valence-electron chi connectivity index (χ2n) is 8.78. The smallest absolute Gasteiger partial charge is 0.254 e. The molecule has 2 aromatic carbocycles. The van der Waals surface area contributed by atoms with Gasteiger partial charge in [0.1, 0.15) is 5.54 Å². The van der Waals surface area contributed by atoms with Gasteiger partial charge in [-0.2, -0.15) is 11.3 Å². The van der Waals surface area contributed by atoms with Crippen molar-refractivity contribution in [3.05, 3.63) is 82.6 Å². The van der Waals surface area contributed by atoms with E-state index in [9.17, 15) is 4.79 Å². The fraction of sp³-hybridized carbons (Fsp3) is 0.308. The molecule has 1 atom stereocenters. The Bertz CT molecular complexity index is 1120.